The molecule has 2 aromatic rings. The molecule has 2 aromatic carbocycles. The predicted octanol–water partition coefficient (Wildman–Crippen LogP) is 6.25. The van der Waals surface area contributed by atoms with Crippen molar-refractivity contribution < 1.29 is 31.1 Å². The van der Waals surface area contributed by atoms with E-state index in [1.165, 1.54) is 18.0 Å². The van der Waals surface area contributed by atoms with Gasteiger partial charge in [0, 0.05) is 41.2 Å². The minimum Gasteiger partial charge on any atom is -0.338 e. The van der Waals surface area contributed by atoms with Gasteiger partial charge in [0.05, 0.1) is 11.1 Å². The summed E-state index contributed by atoms with van der Waals surface area (Å²) in [5.41, 5.74) is -3.05. The van der Waals surface area contributed by atoms with Gasteiger partial charge in [0.2, 0.25) is 0 Å². The van der Waals surface area contributed by atoms with Crippen LogP contribution in [0.25, 0.3) is 0 Å². The van der Waals surface area contributed by atoms with E-state index in [-0.39, 0.29) is 12.0 Å². The van der Waals surface area contributed by atoms with Crippen molar-refractivity contribution in [3.8, 4) is 0 Å². The third kappa shape index (κ3) is 5.50. The summed E-state index contributed by atoms with van der Waals surface area (Å²) in [6, 6.07) is 5.26. The zero-order chi connectivity index (χ0) is 23.8. The summed E-state index contributed by atoms with van der Waals surface area (Å²) in [7, 11) is 1.37. The molecule has 174 valence electrons. The van der Waals surface area contributed by atoms with Gasteiger partial charge in [-0.15, -0.1) is 0 Å². The Balaban J connectivity index is 1.99. The SMILES string of the molecule is CN(C(=O)c1cc(C(F)(F)F)cc(C(F)(F)F)c1)[C@@H]1CCNC[C@H]1c1cc(Cl)cc(Cl)c1. The average Bonchev–Trinajstić information content (AvgIpc) is 2.70. The first-order chi connectivity index (χ1) is 14.8. The molecule has 0 unspecified atom stereocenters. The number of alkyl halides is 6. The normalized spacial score (nSPS) is 19.7. The second-order valence-corrected chi connectivity index (χ2v) is 8.45. The molecule has 0 aliphatic carbocycles. The number of nitrogens with zero attached hydrogens (tertiary/aromatic N) is 1. The maximum Gasteiger partial charge on any atom is 0.416 e. The Morgan fingerprint density at radius 3 is 1.97 bits per heavy atom. The molecule has 0 aromatic heterocycles. The Kier molecular flexibility index (Phi) is 7.02. The number of nitrogens with one attached hydrogen (secondary N) is 1. The van der Waals surface area contributed by atoms with Gasteiger partial charge in [-0.1, -0.05) is 23.2 Å². The van der Waals surface area contributed by atoms with Gasteiger partial charge in [0.15, 0.2) is 0 Å². The third-order valence-electron chi connectivity index (χ3n) is 5.41. The van der Waals surface area contributed by atoms with E-state index in [4.69, 9.17) is 23.2 Å². The molecule has 0 saturated carbocycles. The van der Waals surface area contributed by atoms with Crippen LogP contribution in [0.5, 0.6) is 0 Å². The fraction of sp³-hybridized carbons (Fsp3) is 0.381. The van der Waals surface area contributed by atoms with Gasteiger partial charge in [0.25, 0.3) is 5.91 Å². The third-order valence-corrected chi connectivity index (χ3v) is 5.85. The fourth-order valence-electron chi connectivity index (χ4n) is 3.87. The van der Waals surface area contributed by atoms with E-state index in [0.717, 1.165) is 0 Å². The van der Waals surface area contributed by atoms with Crippen molar-refractivity contribution in [2.24, 2.45) is 0 Å². The average molecular weight is 499 g/mol. The van der Waals surface area contributed by atoms with Crippen molar-refractivity contribution in [2.75, 3.05) is 20.1 Å². The standard InChI is InChI=1S/C21H18Cl2F6N2O/c1-31(18-2-3-30-10-17(18)11-6-15(22)9-16(23)7-11)19(32)12-4-13(20(24,25)26)8-14(5-12)21(27,28)29/h4-9,17-18,30H,2-3,10H2,1H3/t17-,18+/m0/s1. The Hall–Kier alpha value is -1.97. The van der Waals surface area contributed by atoms with Crippen LogP contribution in [0, 0.1) is 0 Å². The van der Waals surface area contributed by atoms with E-state index in [1.807, 2.05) is 0 Å². The van der Waals surface area contributed by atoms with Crippen molar-refractivity contribution in [1.82, 2.24) is 10.2 Å². The molecule has 11 heteroatoms. The molecule has 2 atom stereocenters. The molecular weight excluding hydrogens is 481 g/mol. The quantitative estimate of drug-likeness (QED) is 0.507. The first kappa shape index (κ1) is 24.7. The van der Waals surface area contributed by atoms with Gasteiger partial charge in [0.1, 0.15) is 0 Å². The molecule has 1 fully saturated rings. The molecule has 0 radical (unpaired) electrons. The van der Waals surface area contributed by atoms with E-state index in [1.54, 1.807) is 12.1 Å². The topological polar surface area (TPSA) is 32.3 Å². The highest BCUT2D eigenvalue weighted by Gasteiger charge is 2.39. The van der Waals surface area contributed by atoms with Crippen LogP contribution in [0.4, 0.5) is 26.3 Å². The summed E-state index contributed by atoms with van der Waals surface area (Å²) in [5.74, 6) is -1.26. The summed E-state index contributed by atoms with van der Waals surface area (Å²) in [6.07, 6.45) is -9.64. The van der Waals surface area contributed by atoms with Gasteiger partial charge in [-0.05, 0) is 54.9 Å². The highest BCUT2D eigenvalue weighted by molar-refractivity contribution is 6.34. The van der Waals surface area contributed by atoms with E-state index in [0.29, 0.717) is 47.3 Å². The minimum atomic E-state index is -5.04. The number of hydrogen-bond donors (Lipinski definition) is 1. The second-order valence-electron chi connectivity index (χ2n) is 7.58. The molecule has 1 aliphatic rings. The molecule has 1 aliphatic heterocycles. The Morgan fingerprint density at radius 1 is 0.938 bits per heavy atom. The lowest BCUT2D eigenvalue weighted by Crippen LogP contribution is -2.49. The summed E-state index contributed by atoms with van der Waals surface area (Å²) in [4.78, 5) is 14.2. The Labute approximate surface area is 190 Å². The van der Waals surface area contributed by atoms with E-state index < -0.39 is 41.0 Å². The smallest absolute Gasteiger partial charge is 0.338 e. The monoisotopic (exact) mass is 498 g/mol. The molecule has 1 N–H and O–H groups in total. The molecule has 3 rings (SSSR count). The zero-order valence-corrected chi connectivity index (χ0v) is 18.1. The van der Waals surface area contributed by atoms with Gasteiger partial charge >= 0.3 is 12.4 Å². The van der Waals surface area contributed by atoms with Crippen LogP contribution < -0.4 is 5.32 Å². The summed E-state index contributed by atoms with van der Waals surface area (Å²) < 4.78 is 79.1. The maximum absolute atomic E-state index is 13.2. The van der Waals surface area contributed by atoms with Crippen LogP contribution >= 0.6 is 23.2 Å². The largest absolute Gasteiger partial charge is 0.416 e. The van der Waals surface area contributed by atoms with Crippen molar-refractivity contribution in [3.05, 3.63) is 68.7 Å². The van der Waals surface area contributed by atoms with E-state index in [2.05, 4.69) is 5.32 Å². The first-order valence-electron chi connectivity index (χ1n) is 9.50. The summed E-state index contributed by atoms with van der Waals surface area (Å²) in [6.45, 7) is 0.943. The van der Waals surface area contributed by atoms with Gasteiger partial charge < -0.3 is 10.2 Å². The lowest BCUT2D eigenvalue weighted by atomic mass is 9.85. The van der Waals surface area contributed by atoms with Crippen LogP contribution in [0.1, 0.15) is 39.4 Å². The number of amides is 1. The van der Waals surface area contributed by atoms with Crippen molar-refractivity contribution >= 4 is 29.1 Å². The number of rotatable bonds is 3. The maximum atomic E-state index is 13.2. The van der Waals surface area contributed by atoms with Crippen LogP contribution in [0.15, 0.2) is 36.4 Å². The molecular formula is C21H18Cl2F6N2O. The number of carbonyl (C=O) groups is 1. The number of hydrogen-bond acceptors (Lipinski definition) is 2. The molecule has 3 nitrogen and oxygen atoms in total. The Morgan fingerprint density at radius 2 is 1.47 bits per heavy atom. The highest BCUT2D eigenvalue weighted by atomic mass is 35.5. The van der Waals surface area contributed by atoms with Gasteiger partial charge in [-0.2, -0.15) is 26.3 Å². The predicted molar refractivity (Wildman–Crippen MR) is 109 cm³/mol. The number of halogens is 8. The summed E-state index contributed by atoms with van der Waals surface area (Å²) >= 11 is 12.2. The van der Waals surface area contributed by atoms with Crippen molar-refractivity contribution in [2.45, 2.75) is 30.7 Å². The molecule has 0 spiro atoms. The number of benzene rings is 2. The highest BCUT2D eigenvalue weighted by Crippen LogP contribution is 2.37. The lowest BCUT2D eigenvalue weighted by molar-refractivity contribution is -0.143. The van der Waals surface area contributed by atoms with E-state index in [9.17, 15) is 31.1 Å². The number of piperidine rings is 1. The van der Waals surface area contributed by atoms with Crippen LogP contribution in [0.2, 0.25) is 10.0 Å². The molecule has 0 bridgehead atoms. The van der Waals surface area contributed by atoms with E-state index >= 15 is 0 Å². The molecule has 1 amide bonds. The fourth-order valence-corrected chi connectivity index (χ4v) is 4.41. The van der Waals surface area contributed by atoms with Crippen molar-refractivity contribution in [3.63, 3.8) is 0 Å². The molecule has 32 heavy (non-hydrogen) atoms. The Bertz CT molecular complexity index is 956. The lowest BCUT2D eigenvalue weighted by Gasteiger charge is -2.39. The first-order valence-corrected chi connectivity index (χ1v) is 10.3. The second kappa shape index (κ2) is 9.11. The molecule has 1 heterocycles. The minimum absolute atomic E-state index is 0.00190. The molecule has 1 saturated heterocycles. The van der Waals surface area contributed by atoms with Gasteiger partial charge in [-0.25, -0.2) is 0 Å². The summed E-state index contributed by atoms with van der Waals surface area (Å²) in [5, 5.41) is 3.92. The van der Waals surface area contributed by atoms with Crippen LogP contribution in [-0.2, 0) is 12.4 Å². The van der Waals surface area contributed by atoms with Gasteiger partial charge in [-0.3, -0.25) is 4.79 Å². The number of likely N-dealkylation sites (N-methyl/N-ethyl adjacent to an activating group) is 1. The number of carbonyl (C=O) groups excluding carboxylic acids is 1. The van der Waals surface area contributed by atoms with Crippen LogP contribution in [0.3, 0.4) is 0 Å². The van der Waals surface area contributed by atoms with Crippen LogP contribution in [-0.4, -0.2) is 37.0 Å². The van der Waals surface area contributed by atoms with Crippen molar-refractivity contribution in [1.29, 1.82) is 0 Å². The zero-order valence-electron chi connectivity index (χ0n) is 16.6.